The van der Waals surface area contributed by atoms with Gasteiger partial charge < -0.3 is 8.47 Å². The third-order valence-electron chi connectivity index (χ3n) is 4.97. The summed E-state index contributed by atoms with van der Waals surface area (Å²) in [4.78, 5) is 9.36. The van der Waals surface area contributed by atoms with Crippen molar-refractivity contribution in [2.24, 2.45) is 0 Å². The fourth-order valence-corrected chi connectivity index (χ4v) is 7.60. The van der Waals surface area contributed by atoms with Gasteiger partial charge in [-0.25, -0.2) is 9.97 Å². The van der Waals surface area contributed by atoms with E-state index in [1.54, 1.807) is 0 Å². The number of aromatic nitrogens is 4. The molecule has 0 unspecified atom stereocenters. The van der Waals surface area contributed by atoms with Crippen molar-refractivity contribution in [1.29, 1.82) is 0 Å². The first-order valence-corrected chi connectivity index (χ1v) is 11.6. The van der Waals surface area contributed by atoms with Crippen LogP contribution in [0.2, 0.25) is 12.1 Å². The molecule has 0 saturated heterocycles. The third-order valence-corrected chi connectivity index (χ3v) is 9.84. The van der Waals surface area contributed by atoms with E-state index < -0.39 is 8.40 Å². The predicted molar refractivity (Wildman–Crippen MR) is 99.2 cm³/mol. The minimum absolute atomic E-state index is 1.08. The van der Waals surface area contributed by atoms with E-state index in [2.05, 4.69) is 58.5 Å². The molecule has 128 valence electrons. The van der Waals surface area contributed by atoms with Gasteiger partial charge in [0.1, 0.15) is 11.6 Å². The maximum Gasteiger partial charge on any atom is 0.273 e. The molecule has 0 aliphatic rings. The molecule has 4 nitrogen and oxygen atoms in total. The number of hydrogen-bond donors (Lipinski definition) is 0. The summed E-state index contributed by atoms with van der Waals surface area (Å²) >= 11 is 0. The zero-order chi connectivity index (χ0) is 16.7. The average molecular weight is 333 g/mol. The van der Waals surface area contributed by atoms with E-state index in [0.717, 1.165) is 12.8 Å². The summed E-state index contributed by atoms with van der Waals surface area (Å²) in [5.41, 5.74) is 0. The van der Waals surface area contributed by atoms with Crippen molar-refractivity contribution in [1.82, 2.24) is 18.4 Å². The minimum atomic E-state index is -1.87. The van der Waals surface area contributed by atoms with Crippen molar-refractivity contribution in [3.05, 3.63) is 36.4 Å². The number of rotatable bonds is 10. The molecule has 0 spiro atoms. The normalized spacial score (nSPS) is 12.0. The van der Waals surface area contributed by atoms with Crippen LogP contribution in [0, 0.1) is 0 Å². The summed E-state index contributed by atoms with van der Waals surface area (Å²) in [7, 11) is -1.87. The standard InChI is InChI=1S/C18H32N4Si/c1-5-9-11-17-19-13-15-21(17)23(7-3,8-4)22-16-14-20-18(22)12-10-6-2/h13-16H,5-12H2,1-4H3. The highest BCUT2D eigenvalue weighted by Gasteiger charge is 2.37. The number of aryl methyl sites for hydroxylation is 2. The highest BCUT2D eigenvalue weighted by molar-refractivity contribution is 6.76. The molecule has 0 aromatic carbocycles. The molecule has 0 N–H and O–H groups in total. The van der Waals surface area contributed by atoms with E-state index in [-0.39, 0.29) is 0 Å². The van der Waals surface area contributed by atoms with Crippen molar-refractivity contribution in [3.8, 4) is 0 Å². The van der Waals surface area contributed by atoms with Crippen LogP contribution in [0.5, 0.6) is 0 Å². The molecule has 0 bridgehead atoms. The third kappa shape index (κ3) is 3.60. The molecule has 23 heavy (non-hydrogen) atoms. The summed E-state index contributed by atoms with van der Waals surface area (Å²) in [6.07, 6.45) is 15.4. The number of imidazole rings is 2. The molecular weight excluding hydrogens is 300 g/mol. The molecule has 0 aliphatic heterocycles. The fraction of sp³-hybridized carbons (Fsp3) is 0.667. The second-order valence-corrected chi connectivity index (χ2v) is 10.7. The molecule has 0 amide bonds. The molecule has 0 atom stereocenters. The Kier molecular flexibility index (Phi) is 6.63. The van der Waals surface area contributed by atoms with E-state index in [0.29, 0.717) is 0 Å². The van der Waals surface area contributed by atoms with Crippen LogP contribution in [0.25, 0.3) is 0 Å². The largest absolute Gasteiger partial charge is 0.343 e. The molecule has 2 heterocycles. The lowest BCUT2D eigenvalue weighted by Crippen LogP contribution is -2.51. The Hall–Kier alpha value is -1.36. The van der Waals surface area contributed by atoms with Gasteiger partial charge in [0.15, 0.2) is 0 Å². The first kappa shape index (κ1) is 18.0. The van der Waals surface area contributed by atoms with Gasteiger partial charge in [0.2, 0.25) is 0 Å². The Morgan fingerprint density at radius 2 is 1.22 bits per heavy atom. The van der Waals surface area contributed by atoms with E-state index in [4.69, 9.17) is 0 Å². The van der Waals surface area contributed by atoms with Crippen LogP contribution in [-0.2, 0) is 12.8 Å². The quantitative estimate of drug-likeness (QED) is 0.594. The number of unbranched alkanes of at least 4 members (excludes halogenated alkanes) is 2. The minimum Gasteiger partial charge on any atom is -0.343 e. The number of hydrogen-bond acceptors (Lipinski definition) is 2. The molecule has 2 rings (SSSR count). The van der Waals surface area contributed by atoms with Gasteiger partial charge in [-0.2, -0.15) is 0 Å². The van der Waals surface area contributed by atoms with Gasteiger partial charge in [-0.05, 0) is 24.9 Å². The summed E-state index contributed by atoms with van der Waals surface area (Å²) in [6.45, 7) is 9.17. The topological polar surface area (TPSA) is 35.6 Å². The van der Waals surface area contributed by atoms with Crippen LogP contribution < -0.4 is 0 Å². The van der Waals surface area contributed by atoms with E-state index in [1.165, 1.54) is 49.4 Å². The molecule has 2 aromatic heterocycles. The SMILES string of the molecule is CCCCc1nccn1[Si](CC)(CC)n1ccnc1CCCC. The van der Waals surface area contributed by atoms with Gasteiger partial charge in [0, 0.05) is 37.6 Å². The number of nitrogens with zero attached hydrogens (tertiary/aromatic N) is 4. The Morgan fingerprint density at radius 1 is 0.783 bits per heavy atom. The Balaban J connectivity index is 2.44. The van der Waals surface area contributed by atoms with Crippen molar-refractivity contribution < 1.29 is 0 Å². The maximum atomic E-state index is 4.68. The van der Waals surface area contributed by atoms with Crippen LogP contribution in [0.4, 0.5) is 0 Å². The lowest BCUT2D eigenvalue weighted by atomic mass is 10.2. The molecule has 2 aromatic rings. The van der Waals surface area contributed by atoms with Crippen molar-refractivity contribution in [2.75, 3.05) is 0 Å². The van der Waals surface area contributed by atoms with Gasteiger partial charge in [-0.15, -0.1) is 0 Å². The predicted octanol–water partition coefficient (Wildman–Crippen LogP) is 4.64. The summed E-state index contributed by atoms with van der Waals surface area (Å²) in [5.74, 6) is 2.52. The second-order valence-electron chi connectivity index (χ2n) is 6.32. The first-order valence-electron chi connectivity index (χ1n) is 9.28. The lowest BCUT2D eigenvalue weighted by Gasteiger charge is -2.34. The van der Waals surface area contributed by atoms with Crippen LogP contribution >= 0.6 is 0 Å². The van der Waals surface area contributed by atoms with Crippen molar-refractivity contribution in [3.63, 3.8) is 0 Å². The van der Waals surface area contributed by atoms with Crippen molar-refractivity contribution in [2.45, 2.75) is 78.3 Å². The molecule has 0 radical (unpaired) electrons. The van der Waals surface area contributed by atoms with E-state index >= 15 is 0 Å². The molecule has 0 saturated carbocycles. The van der Waals surface area contributed by atoms with Gasteiger partial charge in [0.25, 0.3) is 8.40 Å². The summed E-state index contributed by atoms with van der Waals surface area (Å²) in [5, 5.41) is 0. The second kappa shape index (κ2) is 8.48. The van der Waals surface area contributed by atoms with Crippen LogP contribution in [0.1, 0.15) is 65.0 Å². The summed E-state index contributed by atoms with van der Waals surface area (Å²) in [6, 6.07) is 2.35. The van der Waals surface area contributed by atoms with Gasteiger partial charge >= 0.3 is 0 Å². The summed E-state index contributed by atoms with van der Waals surface area (Å²) < 4.78 is 5.08. The van der Waals surface area contributed by atoms with Crippen LogP contribution in [0.3, 0.4) is 0 Å². The molecule has 5 heteroatoms. The monoisotopic (exact) mass is 332 g/mol. The smallest absolute Gasteiger partial charge is 0.273 e. The molecule has 0 aliphatic carbocycles. The lowest BCUT2D eigenvalue weighted by molar-refractivity contribution is 0.718. The Labute approximate surface area is 142 Å². The molecular formula is C18H32N4Si. The van der Waals surface area contributed by atoms with Gasteiger partial charge in [0.05, 0.1) is 0 Å². The van der Waals surface area contributed by atoms with Crippen LogP contribution in [0.15, 0.2) is 24.8 Å². The highest BCUT2D eigenvalue weighted by atomic mass is 28.3. The van der Waals surface area contributed by atoms with Gasteiger partial charge in [-0.1, -0.05) is 40.5 Å². The zero-order valence-electron chi connectivity index (χ0n) is 15.3. The van der Waals surface area contributed by atoms with E-state index in [1.807, 2.05) is 12.4 Å². The van der Waals surface area contributed by atoms with Crippen LogP contribution in [-0.4, -0.2) is 26.8 Å². The average Bonchev–Trinajstić information content (AvgIpc) is 3.23. The zero-order valence-corrected chi connectivity index (χ0v) is 16.3. The fourth-order valence-electron chi connectivity index (χ4n) is 3.51. The van der Waals surface area contributed by atoms with Gasteiger partial charge in [-0.3, -0.25) is 0 Å². The van der Waals surface area contributed by atoms with E-state index in [9.17, 15) is 0 Å². The first-order chi connectivity index (χ1) is 11.2. The molecule has 0 fully saturated rings. The Bertz CT molecular complexity index is 535. The van der Waals surface area contributed by atoms with Crippen molar-refractivity contribution >= 4 is 8.40 Å². The highest BCUT2D eigenvalue weighted by Crippen LogP contribution is 2.25. The Morgan fingerprint density at radius 3 is 1.57 bits per heavy atom. The maximum absolute atomic E-state index is 4.68.